The van der Waals surface area contributed by atoms with Crippen LogP contribution in [0, 0.1) is 0 Å². The lowest BCUT2D eigenvalue weighted by atomic mass is 10.2. The predicted octanol–water partition coefficient (Wildman–Crippen LogP) is 2.55. The summed E-state index contributed by atoms with van der Waals surface area (Å²) in [4.78, 5) is 20.5. The van der Waals surface area contributed by atoms with Gasteiger partial charge >= 0.3 is 6.09 Å². The molecule has 1 aromatic carbocycles. The molecular formula is C18H29IN4O3. The number of rotatable bonds is 5. The number of carbonyl (C=O) groups is 1. The third-order valence-electron chi connectivity index (χ3n) is 3.99. The highest BCUT2D eigenvalue weighted by Gasteiger charge is 2.23. The summed E-state index contributed by atoms with van der Waals surface area (Å²) in [5, 5.41) is 3.33. The van der Waals surface area contributed by atoms with Gasteiger partial charge < -0.3 is 24.6 Å². The summed E-state index contributed by atoms with van der Waals surface area (Å²) in [6.45, 7) is 8.42. The fourth-order valence-corrected chi connectivity index (χ4v) is 2.68. The van der Waals surface area contributed by atoms with Gasteiger partial charge in [0.1, 0.15) is 5.75 Å². The maximum Gasteiger partial charge on any atom is 0.409 e. The second-order valence-corrected chi connectivity index (χ2v) is 5.69. The van der Waals surface area contributed by atoms with E-state index < -0.39 is 0 Å². The van der Waals surface area contributed by atoms with Crippen molar-refractivity contribution in [1.82, 2.24) is 15.1 Å². The molecule has 0 bridgehead atoms. The minimum Gasteiger partial charge on any atom is -0.497 e. The van der Waals surface area contributed by atoms with Gasteiger partial charge in [-0.1, -0.05) is 12.1 Å². The van der Waals surface area contributed by atoms with Crippen molar-refractivity contribution in [2.24, 2.45) is 4.99 Å². The van der Waals surface area contributed by atoms with Gasteiger partial charge in [-0.05, 0) is 31.5 Å². The number of benzene rings is 1. The van der Waals surface area contributed by atoms with Gasteiger partial charge in [0.15, 0.2) is 5.96 Å². The summed E-state index contributed by atoms with van der Waals surface area (Å²) >= 11 is 0. The van der Waals surface area contributed by atoms with Crippen LogP contribution in [0.1, 0.15) is 19.4 Å². The first-order chi connectivity index (χ1) is 12.2. The molecule has 1 saturated heterocycles. The van der Waals surface area contributed by atoms with Gasteiger partial charge in [-0.2, -0.15) is 0 Å². The van der Waals surface area contributed by atoms with Gasteiger partial charge in [0.25, 0.3) is 0 Å². The normalized spacial score (nSPS) is 14.5. The van der Waals surface area contributed by atoms with Crippen molar-refractivity contribution in [2.75, 3.05) is 46.4 Å². The Kier molecular flexibility index (Phi) is 10.2. The molecule has 1 aliphatic heterocycles. The van der Waals surface area contributed by atoms with Crippen LogP contribution in [0.25, 0.3) is 0 Å². The van der Waals surface area contributed by atoms with Crippen molar-refractivity contribution < 1.29 is 14.3 Å². The van der Waals surface area contributed by atoms with Crippen LogP contribution in [-0.4, -0.2) is 68.3 Å². The number of nitrogens with zero attached hydrogens (tertiary/aromatic N) is 3. The van der Waals surface area contributed by atoms with Crippen molar-refractivity contribution in [3.63, 3.8) is 0 Å². The number of hydrogen-bond acceptors (Lipinski definition) is 4. The first kappa shape index (κ1) is 22.3. The Labute approximate surface area is 172 Å². The third-order valence-corrected chi connectivity index (χ3v) is 3.99. The zero-order valence-corrected chi connectivity index (χ0v) is 18.1. The minimum absolute atomic E-state index is 0. The van der Waals surface area contributed by atoms with E-state index in [2.05, 4.69) is 17.1 Å². The number of aliphatic imine (C=N–C) groups is 1. The standard InChI is InChI=1S/C18H28N4O3.HI/c1-4-19-17(20-14-15-7-6-8-16(13-15)24-3)21-9-11-22(12-10-21)18(23)25-5-2;/h6-8,13H,4-5,9-12,14H2,1-3H3,(H,19,20);1H. The number of hydrogen-bond donors (Lipinski definition) is 1. The molecular weight excluding hydrogens is 447 g/mol. The number of halogens is 1. The number of nitrogens with one attached hydrogen (secondary N) is 1. The van der Waals surface area contributed by atoms with Crippen LogP contribution in [0.3, 0.4) is 0 Å². The van der Waals surface area contributed by atoms with E-state index in [1.807, 2.05) is 31.2 Å². The lowest BCUT2D eigenvalue weighted by Crippen LogP contribution is -2.53. The van der Waals surface area contributed by atoms with Crippen LogP contribution in [0.4, 0.5) is 4.79 Å². The largest absolute Gasteiger partial charge is 0.497 e. The van der Waals surface area contributed by atoms with E-state index in [9.17, 15) is 4.79 Å². The van der Waals surface area contributed by atoms with Crippen LogP contribution in [0.15, 0.2) is 29.3 Å². The van der Waals surface area contributed by atoms with Crippen LogP contribution >= 0.6 is 24.0 Å². The van der Waals surface area contributed by atoms with E-state index in [4.69, 9.17) is 14.5 Å². The molecule has 1 fully saturated rings. The molecule has 1 heterocycles. The average Bonchev–Trinajstić information content (AvgIpc) is 2.65. The quantitative estimate of drug-likeness (QED) is 0.402. The van der Waals surface area contributed by atoms with Crippen molar-refractivity contribution in [2.45, 2.75) is 20.4 Å². The molecule has 0 atom stereocenters. The fourth-order valence-electron chi connectivity index (χ4n) is 2.68. The highest BCUT2D eigenvalue weighted by molar-refractivity contribution is 14.0. The van der Waals surface area contributed by atoms with Crippen molar-refractivity contribution in [1.29, 1.82) is 0 Å². The molecule has 0 radical (unpaired) electrons. The Morgan fingerprint density at radius 3 is 2.50 bits per heavy atom. The molecule has 1 N–H and O–H groups in total. The van der Waals surface area contributed by atoms with Gasteiger partial charge in [-0.3, -0.25) is 0 Å². The topological polar surface area (TPSA) is 66.4 Å². The van der Waals surface area contributed by atoms with Crippen molar-refractivity contribution in [3.8, 4) is 5.75 Å². The zero-order valence-electron chi connectivity index (χ0n) is 15.7. The van der Waals surface area contributed by atoms with E-state index in [0.29, 0.717) is 26.2 Å². The van der Waals surface area contributed by atoms with E-state index in [1.54, 1.807) is 12.0 Å². The number of methoxy groups -OCH3 is 1. The van der Waals surface area contributed by atoms with Gasteiger partial charge in [0, 0.05) is 32.7 Å². The van der Waals surface area contributed by atoms with Gasteiger partial charge in [0.2, 0.25) is 0 Å². The summed E-state index contributed by atoms with van der Waals surface area (Å²) in [7, 11) is 1.66. The van der Waals surface area contributed by atoms with Crippen molar-refractivity contribution >= 4 is 36.0 Å². The molecule has 0 aromatic heterocycles. The second-order valence-electron chi connectivity index (χ2n) is 5.69. The number of piperazine rings is 1. The van der Waals surface area contributed by atoms with E-state index in [1.165, 1.54) is 0 Å². The van der Waals surface area contributed by atoms with Crippen LogP contribution < -0.4 is 10.1 Å². The summed E-state index contributed by atoms with van der Waals surface area (Å²) in [5.74, 6) is 1.70. The smallest absolute Gasteiger partial charge is 0.409 e. The Morgan fingerprint density at radius 1 is 1.19 bits per heavy atom. The molecule has 146 valence electrons. The summed E-state index contributed by atoms with van der Waals surface area (Å²) < 4.78 is 10.3. The van der Waals surface area contributed by atoms with Crippen LogP contribution in [-0.2, 0) is 11.3 Å². The van der Waals surface area contributed by atoms with Crippen molar-refractivity contribution in [3.05, 3.63) is 29.8 Å². The molecule has 7 nitrogen and oxygen atoms in total. The number of amides is 1. The first-order valence-corrected chi connectivity index (χ1v) is 8.75. The molecule has 0 unspecified atom stereocenters. The summed E-state index contributed by atoms with van der Waals surface area (Å²) in [6.07, 6.45) is -0.236. The third kappa shape index (κ3) is 6.54. The number of ether oxygens (including phenoxy) is 2. The maximum atomic E-state index is 11.8. The molecule has 26 heavy (non-hydrogen) atoms. The van der Waals surface area contributed by atoms with Crippen LogP contribution in [0.2, 0.25) is 0 Å². The van der Waals surface area contributed by atoms with Gasteiger partial charge in [-0.15, -0.1) is 24.0 Å². The lowest BCUT2D eigenvalue weighted by molar-refractivity contribution is 0.0914. The molecule has 1 aliphatic rings. The van der Waals surface area contributed by atoms with E-state index in [0.717, 1.165) is 36.9 Å². The Bertz CT molecular complexity index is 590. The zero-order chi connectivity index (χ0) is 18.1. The minimum atomic E-state index is -0.236. The van der Waals surface area contributed by atoms with E-state index in [-0.39, 0.29) is 30.1 Å². The Morgan fingerprint density at radius 2 is 1.88 bits per heavy atom. The molecule has 0 saturated carbocycles. The van der Waals surface area contributed by atoms with E-state index >= 15 is 0 Å². The summed E-state index contributed by atoms with van der Waals surface area (Å²) in [5.41, 5.74) is 1.10. The highest BCUT2D eigenvalue weighted by Crippen LogP contribution is 2.13. The molecule has 0 aliphatic carbocycles. The monoisotopic (exact) mass is 476 g/mol. The second kappa shape index (κ2) is 11.8. The number of guanidine groups is 1. The molecule has 1 aromatic rings. The predicted molar refractivity (Wildman–Crippen MR) is 113 cm³/mol. The fraction of sp³-hybridized carbons (Fsp3) is 0.556. The Balaban J connectivity index is 0.00000338. The molecule has 0 spiro atoms. The van der Waals surface area contributed by atoms with Gasteiger partial charge in [0.05, 0.1) is 20.3 Å². The lowest BCUT2D eigenvalue weighted by Gasteiger charge is -2.35. The summed E-state index contributed by atoms with van der Waals surface area (Å²) in [6, 6.07) is 7.92. The SMILES string of the molecule is CCNC(=NCc1cccc(OC)c1)N1CCN(C(=O)OCC)CC1.I. The molecule has 1 amide bonds. The van der Waals surface area contributed by atoms with Crippen LogP contribution in [0.5, 0.6) is 5.75 Å². The first-order valence-electron chi connectivity index (χ1n) is 8.75. The Hall–Kier alpha value is -1.71. The average molecular weight is 476 g/mol. The van der Waals surface area contributed by atoms with Gasteiger partial charge in [-0.25, -0.2) is 9.79 Å². The number of carbonyl (C=O) groups excluding carboxylic acids is 1. The maximum absolute atomic E-state index is 11.8. The molecule has 2 rings (SSSR count). The highest BCUT2D eigenvalue weighted by atomic mass is 127. The molecule has 8 heteroatoms.